The number of aryl methyl sites for hydroxylation is 1. The lowest BCUT2D eigenvalue weighted by Gasteiger charge is -2.14. The molecule has 0 fully saturated rings. The first-order chi connectivity index (χ1) is 9.13. The largest absolute Gasteiger partial charge is 0.508 e. The highest BCUT2D eigenvalue weighted by molar-refractivity contribution is 5.26. The predicted octanol–water partition coefficient (Wildman–Crippen LogP) is 3.42. The lowest BCUT2D eigenvalue weighted by molar-refractivity contribution is 0.474. The third-order valence-electron chi connectivity index (χ3n) is 3.22. The normalized spacial score (nSPS) is 12.3. The molecule has 2 aromatic rings. The van der Waals surface area contributed by atoms with Gasteiger partial charge in [0.25, 0.3) is 0 Å². The summed E-state index contributed by atoms with van der Waals surface area (Å²) >= 11 is 0. The number of phenolic OH excluding ortho intramolecular Hbond substituents is 1. The van der Waals surface area contributed by atoms with Crippen molar-refractivity contribution in [2.24, 2.45) is 0 Å². The van der Waals surface area contributed by atoms with Gasteiger partial charge in [0.05, 0.1) is 0 Å². The van der Waals surface area contributed by atoms with Gasteiger partial charge in [-0.05, 0) is 43.5 Å². The van der Waals surface area contributed by atoms with Crippen molar-refractivity contribution in [3.8, 4) is 5.75 Å². The Balaban J connectivity index is 1.84. The van der Waals surface area contributed by atoms with E-state index in [0.717, 1.165) is 13.0 Å². The zero-order valence-electron chi connectivity index (χ0n) is 11.6. The van der Waals surface area contributed by atoms with E-state index in [1.54, 1.807) is 12.1 Å². The van der Waals surface area contributed by atoms with E-state index in [0.29, 0.717) is 11.8 Å². The van der Waals surface area contributed by atoms with Crippen LogP contribution in [0, 0.1) is 6.92 Å². The highest BCUT2D eigenvalue weighted by Gasteiger charge is 2.03. The molecule has 2 heteroatoms. The average molecular weight is 255 g/mol. The van der Waals surface area contributed by atoms with Gasteiger partial charge in [-0.2, -0.15) is 0 Å². The summed E-state index contributed by atoms with van der Waals surface area (Å²) in [6.45, 7) is 5.19. The maximum atomic E-state index is 9.25. The standard InChI is InChI=1S/C17H21NO/c1-13-4-3-5-16(10-13)12-18-14(2)11-15-6-8-17(19)9-7-15/h3-10,14,18-19H,11-12H2,1-2H3. The molecule has 100 valence electrons. The monoisotopic (exact) mass is 255 g/mol. The van der Waals surface area contributed by atoms with Gasteiger partial charge in [0.15, 0.2) is 0 Å². The molecular formula is C17H21NO. The van der Waals surface area contributed by atoms with Gasteiger partial charge in [0.2, 0.25) is 0 Å². The van der Waals surface area contributed by atoms with Crippen LogP contribution in [0.4, 0.5) is 0 Å². The highest BCUT2D eigenvalue weighted by Crippen LogP contribution is 2.11. The summed E-state index contributed by atoms with van der Waals surface area (Å²) in [5, 5.41) is 12.8. The Labute approximate surface area is 115 Å². The van der Waals surface area contributed by atoms with Gasteiger partial charge in [0, 0.05) is 12.6 Å². The van der Waals surface area contributed by atoms with Crippen molar-refractivity contribution < 1.29 is 5.11 Å². The average Bonchev–Trinajstić information content (AvgIpc) is 2.39. The van der Waals surface area contributed by atoms with Gasteiger partial charge in [-0.15, -0.1) is 0 Å². The van der Waals surface area contributed by atoms with Crippen molar-refractivity contribution in [1.82, 2.24) is 5.32 Å². The van der Waals surface area contributed by atoms with Crippen molar-refractivity contribution >= 4 is 0 Å². The molecule has 0 saturated carbocycles. The molecule has 0 aliphatic rings. The number of phenols is 1. The Bertz CT molecular complexity index is 519. The Hall–Kier alpha value is -1.80. The second kappa shape index (κ2) is 6.39. The first-order valence-electron chi connectivity index (χ1n) is 6.70. The fraction of sp³-hybridized carbons (Fsp3) is 0.294. The molecule has 0 bridgehead atoms. The quantitative estimate of drug-likeness (QED) is 0.858. The maximum absolute atomic E-state index is 9.25. The van der Waals surface area contributed by atoms with Crippen LogP contribution >= 0.6 is 0 Å². The van der Waals surface area contributed by atoms with E-state index in [1.165, 1.54) is 16.7 Å². The van der Waals surface area contributed by atoms with Gasteiger partial charge in [0.1, 0.15) is 5.75 Å². The lowest BCUT2D eigenvalue weighted by Crippen LogP contribution is -2.27. The van der Waals surface area contributed by atoms with E-state index < -0.39 is 0 Å². The number of rotatable bonds is 5. The smallest absolute Gasteiger partial charge is 0.115 e. The van der Waals surface area contributed by atoms with Crippen LogP contribution in [0.3, 0.4) is 0 Å². The van der Waals surface area contributed by atoms with Gasteiger partial charge in [-0.25, -0.2) is 0 Å². The van der Waals surface area contributed by atoms with Crippen molar-refractivity contribution in [3.05, 3.63) is 65.2 Å². The molecule has 0 aromatic heterocycles. The summed E-state index contributed by atoms with van der Waals surface area (Å²) in [5.74, 6) is 0.323. The van der Waals surface area contributed by atoms with E-state index >= 15 is 0 Å². The fourth-order valence-corrected chi connectivity index (χ4v) is 2.17. The molecule has 19 heavy (non-hydrogen) atoms. The Kier molecular flexibility index (Phi) is 4.58. The van der Waals surface area contributed by atoms with Crippen molar-refractivity contribution in [3.63, 3.8) is 0 Å². The summed E-state index contributed by atoms with van der Waals surface area (Å²) in [7, 11) is 0. The van der Waals surface area contributed by atoms with Crippen LogP contribution < -0.4 is 5.32 Å². The third kappa shape index (κ3) is 4.42. The van der Waals surface area contributed by atoms with Crippen molar-refractivity contribution in [1.29, 1.82) is 0 Å². The maximum Gasteiger partial charge on any atom is 0.115 e. The number of benzene rings is 2. The molecule has 0 amide bonds. The Morgan fingerprint density at radius 1 is 1.05 bits per heavy atom. The van der Waals surface area contributed by atoms with E-state index in [4.69, 9.17) is 0 Å². The fourth-order valence-electron chi connectivity index (χ4n) is 2.17. The minimum atomic E-state index is 0.323. The molecule has 0 spiro atoms. The third-order valence-corrected chi connectivity index (χ3v) is 3.22. The van der Waals surface area contributed by atoms with Crippen LogP contribution in [0.15, 0.2) is 48.5 Å². The predicted molar refractivity (Wildman–Crippen MR) is 79.3 cm³/mol. The van der Waals surface area contributed by atoms with E-state index in [-0.39, 0.29) is 0 Å². The minimum Gasteiger partial charge on any atom is -0.508 e. The molecule has 0 saturated heterocycles. The van der Waals surface area contributed by atoms with E-state index in [1.807, 2.05) is 12.1 Å². The molecule has 0 aliphatic carbocycles. The summed E-state index contributed by atoms with van der Waals surface area (Å²) in [6.07, 6.45) is 0.964. The van der Waals surface area contributed by atoms with Gasteiger partial charge < -0.3 is 10.4 Å². The Morgan fingerprint density at radius 2 is 1.79 bits per heavy atom. The molecule has 2 aromatic carbocycles. The lowest BCUT2D eigenvalue weighted by atomic mass is 10.1. The summed E-state index contributed by atoms with van der Waals surface area (Å²) in [6, 6.07) is 16.4. The molecule has 2 nitrogen and oxygen atoms in total. The van der Waals surface area contributed by atoms with Crippen LogP contribution in [0.5, 0.6) is 5.75 Å². The first-order valence-corrected chi connectivity index (χ1v) is 6.70. The topological polar surface area (TPSA) is 32.3 Å². The van der Waals surface area contributed by atoms with Gasteiger partial charge in [-0.3, -0.25) is 0 Å². The van der Waals surface area contributed by atoms with Crippen molar-refractivity contribution in [2.45, 2.75) is 32.9 Å². The van der Waals surface area contributed by atoms with E-state index in [9.17, 15) is 5.11 Å². The van der Waals surface area contributed by atoms with Crippen molar-refractivity contribution in [2.75, 3.05) is 0 Å². The molecule has 0 heterocycles. The van der Waals surface area contributed by atoms with E-state index in [2.05, 4.69) is 43.4 Å². The summed E-state index contributed by atoms with van der Waals surface area (Å²) < 4.78 is 0. The van der Waals surface area contributed by atoms with Gasteiger partial charge >= 0.3 is 0 Å². The van der Waals surface area contributed by atoms with Gasteiger partial charge in [-0.1, -0.05) is 42.0 Å². The minimum absolute atomic E-state index is 0.323. The molecule has 0 radical (unpaired) electrons. The van der Waals surface area contributed by atoms with Crippen LogP contribution in [0.1, 0.15) is 23.6 Å². The van der Waals surface area contributed by atoms with Crippen LogP contribution in [0.2, 0.25) is 0 Å². The second-order valence-corrected chi connectivity index (χ2v) is 5.14. The molecule has 2 rings (SSSR count). The highest BCUT2D eigenvalue weighted by atomic mass is 16.3. The Morgan fingerprint density at radius 3 is 2.47 bits per heavy atom. The molecular weight excluding hydrogens is 234 g/mol. The SMILES string of the molecule is Cc1cccc(CNC(C)Cc2ccc(O)cc2)c1. The summed E-state index contributed by atoms with van der Waals surface area (Å²) in [4.78, 5) is 0. The molecule has 2 N–H and O–H groups in total. The number of nitrogens with one attached hydrogen (secondary N) is 1. The number of hydrogen-bond donors (Lipinski definition) is 2. The number of aromatic hydroxyl groups is 1. The van der Waals surface area contributed by atoms with Crippen LogP contribution in [0.25, 0.3) is 0 Å². The molecule has 1 atom stereocenters. The zero-order valence-corrected chi connectivity index (χ0v) is 11.6. The zero-order chi connectivity index (χ0) is 13.7. The molecule has 1 unspecified atom stereocenters. The summed E-state index contributed by atoms with van der Waals surface area (Å²) in [5.41, 5.74) is 3.85. The van der Waals surface area contributed by atoms with Crippen LogP contribution in [-0.2, 0) is 13.0 Å². The first kappa shape index (κ1) is 13.6. The molecule has 0 aliphatic heterocycles. The second-order valence-electron chi connectivity index (χ2n) is 5.14. The van der Waals surface area contributed by atoms with Crippen LogP contribution in [-0.4, -0.2) is 11.1 Å². The number of hydrogen-bond acceptors (Lipinski definition) is 2.